The molecule has 0 aliphatic carbocycles. The largest absolute Gasteiger partial charge is 0.411 e. The Morgan fingerprint density at radius 1 is 1.00 bits per heavy atom. The van der Waals surface area contributed by atoms with E-state index in [-0.39, 0.29) is 0 Å². The van der Waals surface area contributed by atoms with Crippen LogP contribution in [0.2, 0.25) is 0 Å². The third-order valence-corrected chi connectivity index (χ3v) is 3.72. The molecule has 0 unspecified atom stereocenters. The van der Waals surface area contributed by atoms with E-state index in [1.54, 1.807) is 43.1 Å². The Morgan fingerprint density at radius 2 is 1.92 bits per heavy atom. The van der Waals surface area contributed by atoms with Gasteiger partial charge in [0.15, 0.2) is 0 Å². The minimum Gasteiger partial charge on any atom is -0.411 e. The third kappa shape index (κ3) is 3.13. The Balaban J connectivity index is 1.43. The van der Waals surface area contributed by atoms with Crippen LogP contribution in [0, 0.1) is 0 Å². The van der Waals surface area contributed by atoms with Crippen molar-refractivity contribution in [3.05, 3.63) is 49.0 Å². The van der Waals surface area contributed by atoms with Gasteiger partial charge < -0.3 is 8.94 Å². The maximum atomic E-state index is 5.58. The molecule has 10 heteroatoms. The van der Waals surface area contributed by atoms with Crippen molar-refractivity contribution < 1.29 is 8.94 Å². The van der Waals surface area contributed by atoms with E-state index in [2.05, 4.69) is 35.3 Å². The van der Waals surface area contributed by atoms with Crippen molar-refractivity contribution in [1.82, 2.24) is 35.3 Å². The van der Waals surface area contributed by atoms with Crippen molar-refractivity contribution in [1.29, 1.82) is 0 Å². The Kier molecular flexibility index (Phi) is 3.94. The zero-order valence-electron chi connectivity index (χ0n) is 12.1. The molecule has 9 nitrogen and oxygen atoms in total. The van der Waals surface area contributed by atoms with Crippen LogP contribution in [0.4, 0.5) is 0 Å². The number of rotatable bonds is 5. The minimum atomic E-state index is 0.390. The van der Waals surface area contributed by atoms with Gasteiger partial charge in [-0.25, -0.2) is 4.98 Å². The third-order valence-electron chi connectivity index (χ3n) is 2.91. The lowest BCUT2D eigenvalue weighted by atomic mass is 10.3. The summed E-state index contributed by atoms with van der Waals surface area (Å²) in [6, 6.07) is 3.60. The molecule has 0 amide bonds. The van der Waals surface area contributed by atoms with Gasteiger partial charge in [-0.3, -0.25) is 9.97 Å². The number of thioether (sulfide) groups is 1. The van der Waals surface area contributed by atoms with E-state index in [4.69, 9.17) is 8.94 Å². The summed E-state index contributed by atoms with van der Waals surface area (Å²) >= 11 is 1.31. The van der Waals surface area contributed by atoms with Crippen molar-refractivity contribution in [2.24, 2.45) is 0 Å². The summed E-state index contributed by atoms with van der Waals surface area (Å²) < 4.78 is 10.8. The van der Waals surface area contributed by atoms with E-state index in [1.807, 2.05) is 0 Å². The first-order valence-electron chi connectivity index (χ1n) is 6.84. The molecule has 0 spiro atoms. The van der Waals surface area contributed by atoms with Gasteiger partial charge in [-0.2, -0.15) is 4.98 Å². The van der Waals surface area contributed by atoms with Crippen LogP contribution in [0.3, 0.4) is 0 Å². The summed E-state index contributed by atoms with van der Waals surface area (Å²) in [6.07, 6.45) is 8.05. The van der Waals surface area contributed by atoms with Crippen LogP contribution in [0.15, 0.2) is 57.3 Å². The molecule has 24 heavy (non-hydrogen) atoms. The highest BCUT2D eigenvalue weighted by Gasteiger charge is 2.13. The quantitative estimate of drug-likeness (QED) is 0.501. The number of hydrogen-bond donors (Lipinski definition) is 0. The lowest BCUT2D eigenvalue weighted by Crippen LogP contribution is -1.87. The molecule has 4 rings (SSSR count). The second-order valence-corrected chi connectivity index (χ2v) is 5.43. The molecule has 4 heterocycles. The summed E-state index contributed by atoms with van der Waals surface area (Å²) in [4.78, 5) is 16.3. The van der Waals surface area contributed by atoms with Crippen LogP contribution >= 0.6 is 11.8 Å². The van der Waals surface area contributed by atoms with Gasteiger partial charge in [0.05, 0.1) is 11.9 Å². The van der Waals surface area contributed by atoms with Crippen molar-refractivity contribution in [3.8, 4) is 23.0 Å². The van der Waals surface area contributed by atoms with Gasteiger partial charge in [0.1, 0.15) is 5.69 Å². The first kappa shape index (κ1) is 14.5. The van der Waals surface area contributed by atoms with E-state index in [9.17, 15) is 0 Å². The predicted molar refractivity (Wildman–Crippen MR) is 82.4 cm³/mol. The molecule has 0 aliphatic heterocycles. The predicted octanol–water partition coefficient (Wildman–Crippen LogP) is 2.26. The summed E-state index contributed by atoms with van der Waals surface area (Å²) in [5.41, 5.74) is 1.36. The van der Waals surface area contributed by atoms with Crippen molar-refractivity contribution in [3.63, 3.8) is 0 Å². The van der Waals surface area contributed by atoms with E-state index < -0.39 is 0 Å². The standard InChI is InChI=1S/C14H9N7O2S/c1-3-15-4-2-9(1)13-19-20-14(22-13)24-8-11-18-12(21-23-11)10-7-16-5-6-17-10/h1-7H,8H2. The van der Waals surface area contributed by atoms with Gasteiger partial charge in [-0.05, 0) is 12.1 Å². The molecule has 118 valence electrons. The molecule has 0 saturated carbocycles. The average Bonchev–Trinajstić information content (AvgIpc) is 3.31. The topological polar surface area (TPSA) is 117 Å². The fourth-order valence-electron chi connectivity index (χ4n) is 1.83. The average molecular weight is 339 g/mol. The molecular formula is C14H9N7O2S. The molecule has 0 aromatic carbocycles. The molecule has 0 aliphatic rings. The fraction of sp³-hybridized carbons (Fsp3) is 0.0714. The first-order chi connectivity index (χ1) is 11.9. The number of aromatic nitrogens is 7. The van der Waals surface area contributed by atoms with Gasteiger partial charge in [0.2, 0.25) is 17.6 Å². The highest BCUT2D eigenvalue weighted by molar-refractivity contribution is 7.98. The molecule has 0 fully saturated rings. The molecule has 0 radical (unpaired) electrons. The van der Waals surface area contributed by atoms with Gasteiger partial charge >= 0.3 is 0 Å². The summed E-state index contributed by atoms with van der Waals surface area (Å²) in [5.74, 6) is 1.67. The zero-order valence-corrected chi connectivity index (χ0v) is 12.9. The van der Waals surface area contributed by atoms with Crippen LogP contribution in [0.5, 0.6) is 0 Å². The molecular weight excluding hydrogens is 330 g/mol. The van der Waals surface area contributed by atoms with E-state index in [0.717, 1.165) is 5.56 Å². The highest BCUT2D eigenvalue weighted by atomic mass is 32.2. The summed E-state index contributed by atoms with van der Waals surface area (Å²) in [7, 11) is 0. The number of nitrogens with zero attached hydrogens (tertiary/aromatic N) is 7. The number of pyridine rings is 1. The Hall–Kier alpha value is -3.14. The van der Waals surface area contributed by atoms with Crippen LogP contribution < -0.4 is 0 Å². The second kappa shape index (κ2) is 6.54. The van der Waals surface area contributed by atoms with Crippen molar-refractivity contribution >= 4 is 11.8 Å². The molecule has 4 aromatic heterocycles. The van der Waals surface area contributed by atoms with Gasteiger partial charge in [0, 0.05) is 30.4 Å². The normalized spacial score (nSPS) is 10.8. The number of hydrogen-bond acceptors (Lipinski definition) is 10. The van der Waals surface area contributed by atoms with Gasteiger partial charge in [-0.15, -0.1) is 10.2 Å². The Labute approximate surface area is 139 Å². The SMILES string of the molecule is c1cc(-c2nnc(SCc3nc(-c4cnccn4)no3)o2)ccn1. The molecule has 0 N–H and O–H groups in total. The Bertz CT molecular complexity index is 849. The van der Waals surface area contributed by atoms with Gasteiger partial charge in [0.25, 0.3) is 5.22 Å². The fourth-order valence-corrected chi connectivity index (χ4v) is 2.44. The summed E-state index contributed by atoms with van der Waals surface area (Å²) in [5, 5.41) is 12.3. The van der Waals surface area contributed by atoms with E-state index >= 15 is 0 Å². The monoisotopic (exact) mass is 339 g/mol. The van der Waals surface area contributed by atoms with Crippen LogP contribution in [0.1, 0.15) is 5.89 Å². The van der Waals surface area contributed by atoms with Crippen molar-refractivity contribution in [2.75, 3.05) is 0 Å². The molecule has 4 aromatic rings. The van der Waals surface area contributed by atoms with Crippen LogP contribution in [0.25, 0.3) is 23.0 Å². The zero-order chi connectivity index (χ0) is 16.2. The van der Waals surface area contributed by atoms with Gasteiger partial charge in [-0.1, -0.05) is 16.9 Å². The lowest BCUT2D eigenvalue weighted by molar-refractivity contribution is 0.390. The van der Waals surface area contributed by atoms with E-state index in [0.29, 0.717) is 34.3 Å². The van der Waals surface area contributed by atoms with Crippen LogP contribution in [-0.4, -0.2) is 35.3 Å². The lowest BCUT2D eigenvalue weighted by Gasteiger charge is -1.92. The maximum absolute atomic E-state index is 5.58. The molecule has 0 saturated heterocycles. The first-order valence-corrected chi connectivity index (χ1v) is 7.83. The van der Waals surface area contributed by atoms with Crippen molar-refractivity contribution in [2.45, 2.75) is 11.0 Å². The molecule has 0 atom stereocenters. The van der Waals surface area contributed by atoms with Crippen LogP contribution in [-0.2, 0) is 5.75 Å². The molecule has 0 bridgehead atoms. The summed E-state index contributed by atoms with van der Waals surface area (Å²) in [6.45, 7) is 0. The van der Waals surface area contributed by atoms with E-state index in [1.165, 1.54) is 11.8 Å². The second-order valence-electron chi connectivity index (χ2n) is 4.50. The smallest absolute Gasteiger partial charge is 0.277 e. The maximum Gasteiger partial charge on any atom is 0.277 e. The minimum absolute atomic E-state index is 0.390. The Morgan fingerprint density at radius 3 is 2.75 bits per heavy atom. The highest BCUT2D eigenvalue weighted by Crippen LogP contribution is 2.25.